The van der Waals surface area contributed by atoms with E-state index in [-0.39, 0.29) is 20.1 Å². The van der Waals surface area contributed by atoms with Crippen molar-refractivity contribution < 1.29 is 28.4 Å². The van der Waals surface area contributed by atoms with E-state index in [2.05, 4.69) is 419 Å². The molecule has 0 bridgehead atoms. The summed E-state index contributed by atoms with van der Waals surface area (Å²) in [5.74, 6) is 10.5. The van der Waals surface area contributed by atoms with Crippen LogP contribution in [0.1, 0.15) is 0 Å². The van der Waals surface area contributed by atoms with Gasteiger partial charge in [-0.1, -0.05) is 400 Å². The van der Waals surface area contributed by atoms with Gasteiger partial charge >= 0.3 is 0 Å². The van der Waals surface area contributed by atoms with Crippen molar-refractivity contribution in [2.24, 2.45) is 0 Å². The zero-order valence-corrected chi connectivity index (χ0v) is 75.3. The van der Waals surface area contributed by atoms with E-state index in [1.54, 1.807) is 0 Å². The summed E-state index contributed by atoms with van der Waals surface area (Å²) in [5.41, 5.74) is 29.7. The van der Waals surface area contributed by atoms with Crippen molar-refractivity contribution in [3.05, 3.63) is 479 Å². The minimum absolute atomic E-state index is 0.0180. The van der Waals surface area contributed by atoms with Crippen LogP contribution in [0, 0.1) is 0 Å². The molecule has 0 atom stereocenters. The molecule has 6 aliphatic rings. The number of hydrogen-bond donors (Lipinski definition) is 0. The average Bonchev–Trinajstić information content (AvgIpc) is 0.718. The maximum Gasteiger partial charge on any atom is 0.260 e. The van der Waals surface area contributed by atoms with Crippen LogP contribution in [0.4, 0.5) is 0 Å². The predicted octanol–water partition coefficient (Wildman–Crippen LogP) is 28.7. The summed E-state index contributed by atoms with van der Waals surface area (Å²) in [4.78, 5) is 0. The lowest BCUT2D eigenvalue weighted by Gasteiger charge is -2.33. The molecule has 30 rings (SSSR count). The molecular formula is C130H79B3O6. The highest BCUT2D eigenvalue weighted by molar-refractivity contribution is 6.99. The van der Waals surface area contributed by atoms with Gasteiger partial charge in [0.25, 0.3) is 20.1 Å². The number of rotatable bonds is 8. The Morgan fingerprint density at radius 1 is 0.122 bits per heavy atom. The SMILES string of the molecule is c1ccc(-c2ccccc2-c2c3ccccc3c(-c3cc4c5c(c3)Oc3ccccc3B5c3ccccc3O4)c3ccccc23)cc1.c1ccc(-c2ccccc2-c2c3ccccc3c(-c3ccc4c(c3)B3c5ccccc5Oc5cccc(c53)O4)c3ccccc23)cc1.c1ccc2c(c1)Oc1cccc3c1B2c1cc(-c2c4ccccc4c(-c4ccc5ccccc5c4)c4ccccc24)ccc1O3. The van der Waals surface area contributed by atoms with Gasteiger partial charge in [-0.3, -0.25) is 0 Å². The fraction of sp³-hybridized carbons (Fsp3) is 0. The van der Waals surface area contributed by atoms with Crippen LogP contribution in [0.25, 0.3) is 164 Å². The van der Waals surface area contributed by atoms with Crippen LogP contribution >= 0.6 is 0 Å². The van der Waals surface area contributed by atoms with Gasteiger partial charge in [-0.2, -0.15) is 0 Å². The average molecular weight is 1770 g/mol. The van der Waals surface area contributed by atoms with Gasteiger partial charge < -0.3 is 28.4 Å². The molecule has 0 N–H and O–H groups in total. The van der Waals surface area contributed by atoms with Crippen LogP contribution in [0.2, 0.25) is 0 Å². The van der Waals surface area contributed by atoms with E-state index >= 15 is 0 Å². The largest absolute Gasteiger partial charge is 0.458 e. The molecule has 0 saturated carbocycles. The molecule has 6 aliphatic heterocycles. The van der Waals surface area contributed by atoms with Gasteiger partial charge in [0.05, 0.1) is 0 Å². The number of benzene rings is 24. The number of hydrogen-bond acceptors (Lipinski definition) is 6. The van der Waals surface area contributed by atoms with Crippen molar-refractivity contribution in [3.8, 4) is 158 Å². The fourth-order valence-corrected chi connectivity index (χ4v) is 23.3. The van der Waals surface area contributed by atoms with Gasteiger partial charge in [0.1, 0.15) is 69.0 Å². The zero-order chi connectivity index (χ0) is 91.3. The lowest BCUT2D eigenvalue weighted by Crippen LogP contribution is -2.57. The van der Waals surface area contributed by atoms with E-state index in [4.69, 9.17) is 28.4 Å². The highest BCUT2D eigenvalue weighted by Gasteiger charge is 2.44. The molecule has 0 fully saturated rings. The van der Waals surface area contributed by atoms with E-state index < -0.39 is 0 Å². The Bertz CT molecular complexity index is 9000. The quantitative estimate of drug-likeness (QED) is 0.112. The Morgan fingerprint density at radius 2 is 0.360 bits per heavy atom. The summed E-state index contributed by atoms with van der Waals surface area (Å²) >= 11 is 0. The first-order chi connectivity index (χ1) is 69.0. The Balaban J connectivity index is 0.000000103. The maximum atomic E-state index is 6.70. The molecule has 0 aromatic heterocycles. The van der Waals surface area contributed by atoms with E-state index in [9.17, 15) is 0 Å². The monoisotopic (exact) mass is 1770 g/mol. The van der Waals surface area contributed by atoms with Crippen molar-refractivity contribution >= 4 is 145 Å². The van der Waals surface area contributed by atoms with E-state index in [1.807, 2.05) is 60.7 Å². The van der Waals surface area contributed by atoms with Crippen LogP contribution in [0.15, 0.2) is 479 Å². The first-order valence-corrected chi connectivity index (χ1v) is 47.7. The van der Waals surface area contributed by atoms with Crippen molar-refractivity contribution in [2.45, 2.75) is 0 Å². The number of para-hydroxylation sites is 4. The zero-order valence-electron chi connectivity index (χ0n) is 75.3. The molecule has 0 spiro atoms. The molecule has 0 aliphatic carbocycles. The topological polar surface area (TPSA) is 55.4 Å². The van der Waals surface area contributed by atoms with Crippen molar-refractivity contribution in [3.63, 3.8) is 0 Å². The molecule has 0 saturated heterocycles. The third-order valence-corrected chi connectivity index (χ3v) is 29.2. The second-order valence-electron chi connectivity index (χ2n) is 36.7. The van der Waals surface area contributed by atoms with Crippen LogP contribution < -0.4 is 77.6 Å². The third kappa shape index (κ3) is 12.9. The second kappa shape index (κ2) is 32.5. The highest BCUT2D eigenvalue weighted by Crippen LogP contribution is 2.53. The van der Waals surface area contributed by atoms with Crippen molar-refractivity contribution in [1.82, 2.24) is 0 Å². The normalized spacial score (nSPS) is 12.6. The first-order valence-electron chi connectivity index (χ1n) is 47.7. The summed E-state index contributed by atoms with van der Waals surface area (Å²) in [5, 5.41) is 17.2. The number of ether oxygens (including phenoxy) is 6. The molecule has 139 heavy (non-hydrogen) atoms. The van der Waals surface area contributed by atoms with Gasteiger partial charge in [-0.15, -0.1) is 0 Å². The summed E-state index contributed by atoms with van der Waals surface area (Å²) in [6.45, 7) is 0.0953. The molecular weight excluding hydrogens is 1690 g/mol. The number of fused-ring (bicyclic) bond motifs is 19. The van der Waals surface area contributed by atoms with Crippen LogP contribution in [0.3, 0.4) is 0 Å². The third-order valence-electron chi connectivity index (χ3n) is 29.2. The lowest BCUT2D eigenvalue weighted by atomic mass is 9.34. The Morgan fingerprint density at radius 3 is 0.712 bits per heavy atom. The highest BCUT2D eigenvalue weighted by atomic mass is 16.5. The van der Waals surface area contributed by atoms with Crippen LogP contribution in [0.5, 0.6) is 69.0 Å². The van der Waals surface area contributed by atoms with Gasteiger partial charge in [0.2, 0.25) is 0 Å². The van der Waals surface area contributed by atoms with Gasteiger partial charge in [0.15, 0.2) is 0 Å². The van der Waals surface area contributed by atoms with Crippen LogP contribution in [-0.4, -0.2) is 20.1 Å². The van der Waals surface area contributed by atoms with Gasteiger partial charge in [0, 0.05) is 16.4 Å². The maximum absolute atomic E-state index is 6.70. The van der Waals surface area contributed by atoms with Gasteiger partial charge in [-0.05, 0) is 276 Å². The molecule has 0 unspecified atom stereocenters. The first kappa shape index (κ1) is 79.6. The molecule has 0 amide bonds. The lowest BCUT2D eigenvalue weighted by molar-refractivity contribution is 0.464. The molecule has 0 radical (unpaired) electrons. The molecule has 6 heterocycles. The predicted molar refractivity (Wildman–Crippen MR) is 578 cm³/mol. The molecule has 24 aromatic carbocycles. The molecule has 6 nitrogen and oxygen atoms in total. The Labute approximate surface area is 804 Å². The molecule has 9 heteroatoms. The summed E-state index contributed by atoms with van der Waals surface area (Å²) in [6, 6.07) is 171. The van der Waals surface area contributed by atoms with Crippen molar-refractivity contribution in [1.29, 1.82) is 0 Å². The molecule has 24 aromatic rings. The fourth-order valence-electron chi connectivity index (χ4n) is 23.3. The summed E-state index contributed by atoms with van der Waals surface area (Å²) < 4.78 is 39.3. The van der Waals surface area contributed by atoms with E-state index in [0.29, 0.717) is 0 Å². The molecule has 644 valence electrons. The van der Waals surface area contributed by atoms with E-state index in [0.717, 1.165) is 107 Å². The minimum atomic E-state index is 0.0180. The standard InChI is InChI=1S/2C44H27BO2.C42H25BO2/c1-2-14-28(15-3-1)30-16-4-5-17-31(30)43-34-20-8-6-18-32(34)42(33-19-7-9-21-35(33)43)29-26-40-44-41(27-29)47-39-25-13-11-23-37(39)45(44)36-22-10-12-24-38(36)46-40;1-2-13-28(14-3-1)30-15-4-5-16-31(30)43-34-19-8-6-17-32(34)42(33-18-7-9-20-35(33)43)29-25-26-39-37(27-29)45-36-21-10-11-22-38(36)46-40-23-12-24-41(47-39)44(40)45;1-2-11-27-24-28(21-20-26(27)10-1)40-30-12-3-5-14-32(30)41(33-15-6-4-13-31(33)40)29-22-23-37-35(25-29)43-34-16-7-8-17-36(34)44-38-18-9-19-39(45-37)42(38)43/h2*1-27H;1-25H. The minimum Gasteiger partial charge on any atom is -0.458 e. The Hall–Kier alpha value is -17.9. The summed E-state index contributed by atoms with van der Waals surface area (Å²) in [6.07, 6.45) is 0. The second-order valence-corrected chi connectivity index (χ2v) is 36.7. The van der Waals surface area contributed by atoms with Crippen LogP contribution in [-0.2, 0) is 0 Å². The Kier molecular flexibility index (Phi) is 18.6. The smallest absolute Gasteiger partial charge is 0.260 e. The van der Waals surface area contributed by atoms with E-state index in [1.165, 1.54) is 175 Å². The van der Waals surface area contributed by atoms with Gasteiger partial charge in [-0.25, -0.2) is 0 Å². The summed E-state index contributed by atoms with van der Waals surface area (Å²) in [7, 11) is 0. The van der Waals surface area contributed by atoms with Crippen molar-refractivity contribution in [2.75, 3.05) is 0 Å².